The number of halogens is 2. The van der Waals surface area contributed by atoms with Crippen molar-refractivity contribution in [1.29, 1.82) is 0 Å². The van der Waals surface area contributed by atoms with Crippen molar-refractivity contribution in [3.8, 4) is 0 Å². The van der Waals surface area contributed by atoms with E-state index in [9.17, 15) is 14.0 Å². The molecular formula is C24H30ClFN2O2S. The summed E-state index contributed by atoms with van der Waals surface area (Å²) in [5, 5.41) is 3.54. The summed E-state index contributed by atoms with van der Waals surface area (Å²) in [7, 11) is 0. The Hall–Kier alpha value is -2.05. The largest absolute Gasteiger partial charge is 0.352 e. The van der Waals surface area contributed by atoms with Crippen molar-refractivity contribution in [2.75, 3.05) is 5.75 Å². The first-order valence-corrected chi connectivity index (χ1v) is 12.0. The van der Waals surface area contributed by atoms with Crippen LogP contribution in [0.4, 0.5) is 4.39 Å². The van der Waals surface area contributed by atoms with E-state index < -0.39 is 6.04 Å². The molecule has 31 heavy (non-hydrogen) atoms. The van der Waals surface area contributed by atoms with Gasteiger partial charge < -0.3 is 10.2 Å². The van der Waals surface area contributed by atoms with Gasteiger partial charge in [0.15, 0.2) is 0 Å². The molecule has 2 aromatic carbocycles. The molecule has 1 N–H and O–H groups in total. The molecule has 2 aromatic rings. The summed E-state index contributed by atoms with van der Waals surface area (Å²) in [6.07, 6.45) is 1.29. The second-order valence-electron chi connectivity index (χ2n) is 7.44. The van der Waals surface area contributed by atoms with Gasteiger partial charge in [0.2, 0.25) is 11.8 Å². The molecule has 0 spiro atoms. The van der Waals surface area contributed by atoms with Crippen LogP contribution in [0, 0.1) is 5.82 Å². The number of rotatable bonds is 11. The lowest BCUT2D eigenvalue weighted by Crippen LogP contribution is -2.51. The number of nitrogens with one attached hydrogen (secondary N) is 1. The van der Waals surface area contributed by atoms with Crippen molar-refractivity contribution in [3.63, 3.8) is 0 Å². The quantitative estimate of drug-likeness (QED) is 0.482. The van der Waals surface area contributed by atoms with Crippen LogP contribution >= 0.6 is 23.4 Å². The molecule has 2 rings (SSSR count). The van der Waals surface area contributed by atoms with Crippen molar-refractivity contribution in [3.05, 3.63) is 70.5 Å². The van der Waals surface area contributed by atoms with Crippen molar-refractivity contribution in [2.24, 2.45) is 0 Å². The van der Waals surface area contributed by atoms with Crippen LogP contribution in [0.5, 0.6) is 0 Å². The molecule has 0 aromatic heterocycles. The van der Waals surface area contributed by atoms with Crippen LogP contribution in [0.15, 0.2) is 48.5 Å². The number of hydrogen-bond acceptors (Lipinski definition) is 3. The molecule has 0 saturated heterocycles. The van der Waals surface area contributed by atoms with Gasteiger partial charge in [0.1, 0.15) is 11.9 Å². The highest BCUT2D eigenvalue weighted by Gasteiger charge is 2.29. The zero-order valence-electron chi connectivity index (χ0n) is 18.2. The Bertz CT molecular complexity index is 880. The first-order chi connectivity index (χ1) is 14.9. The Morgan fingerprint density at radius 1 is 1.06 bits per heavy atom. The summed E-state index contributed by atoms with van der Waals surface area (Å²) < 4.78 is 13.9. The lowest BCUT2D eigenvalue weighted by molar-refractivity contribution is -0.139. The van der Waals surface area contributed by atoms with Gasteiger partial charge in [-0.15, -0.1) is 11.8 Å². The Morgan fingerprint density at radius 3 is 2.32 bits per heavy atom. The van der Waals surface area contributed by atoms with Gasteiger partial charge in [-0.25, -0.2) is 4.39 Å². The van der Waals surface area contributed by atoms with Crippen molar-refractivity contribution in [1.82, 2.24) is 10.2 Å². The van der Waals surface area contributed by atoms with E-state index in [1.165, 1.54) is 17.8 Å². The van der Waals surface area contributed by atoms with Gasteiger partial charge in [-0.3, -0.25) is 9.59 Å². The van der Waals surface area contributed by atoms with E-state index in [0.717, 1.165) is 12.0 Å². The summed E-state index contributed by atoms with van der Waals surface area (Å²) in [4.78, 5) is 27.7. The number of carbonyl (C=O) groups is 2. The molecule has 7 heteroatoms. The molecule has 168 valence electrons. The second kappa shape index (κ2) is 12.7. The topological polar surface area (TPSA) is 49.4 Å². The molecule has 2 amide bonds. The zero-order valence-corrected chi connectivity index (χ0v) is 19.8. The fourth-order valence-electron chi connectivity index (χ4n) is 3.12. The van der Waals surface area contributed by atoms with Gasteiger partial charge in [-0.05, 0) is 43.0 Å². The molecule has 0 fully saturated rings. The Morgan fingerprint density at radius 2 is 1.71 bits per heavy atom. The average Bonchev–Trinajstić information content (AvgIpc) is 2.76. The summed E-state index contributed by atoms with van der Waals surface area (Å²) in [5.74, 6) is -0.0985. The van der Waals surface area contributed by atoms with Crippen molar-refractivity contribution < 1.29 is 14.0 Å². The number of hydrogen-bond donors (Lipinski definition) is 1. The Labute approximate surface area is 193 Å². The molecule has 2 atom stereocenters. The summed E-state index contributed by atoms with van der Waals surface area (Å²) in [6, 6.07) is 13.3. The minimum absolute atomic E-state index is 0.0225. The maximum Gasteiger partial charge on any atom is 0.243 e. The van der Waals surface area contributed by atoms with Crippen LogP contribution in [0.25, 0.3) is 0 Å². The number of thioether (sulfide) groups is 1. The predicted octanol–water partition coefficient (Wildman–Crippen LogP) is 5.43. The fourth-order valence-corrected chi connectivity index (χ4v) is 4.21. The monoisotopic (exact) mass is 464 g/mol. The third-order valence-electron chi connectivity index (χ3n) is 5.13. The smallest absolute Gasteiger partial charge is 0.243 e. The van der Waals surface area contributed by atoms with Crippen molar-refractivity contribution in [2.45, 2.75) is 58.0 Å². The lowest BCUT2D eigenvalue weighted by atomic mass is 10.1. The van der Waals surface area contributed by atoms with Crippen LogP contribution in [-0.4, -0.2) is 34.6 Å². The highest BCUT2D eigenvalue weighted by atomic mass is 35.5. The first kappa shape index (κ1) is 25.2. The van der Waals surface area contributed by atoms with Gasteiger partial charge >= 0.3 is 0 Å². The van der Waals surface area contributed by atoms with Crippen LogP contribution in [0.2, 0.25) is 5.02 Å². The van der Waals surface area contributed by atoms with Gasteiger partial charge in [-0.1, -0.05) is 61.8 Å². The fraction of sp³-hybridized carbons (Fsp3) is 0.417. The van der Waals surface area contributed by atoms with Crippen molar-refractivity contribution >= 4 is 35.2 Å². The third-order valence-corrected chi connectivity index (χ3v) is 6.46. The van der Waals surface area contributed by atoms with E-state index in [-0.39, 0.29) is 36.0 Å². The Kier molecular flexibility index (Phi) is 10.3. The Balaban J connectivity index is 2.16. The molecule has 0 aliphatic carbocycles. The first-order valence-electron chi connectivity index (χ1n) is 10.5. The van der Waals surface area contributed by atoms with E-state index in [4.69, 9.17) is 11.6 Å². The number of carbonyl (C=O) groups excluding carboxylic acids is 2. The van der Waals surface area contributed by atoms with Gasteiger partial charge in [0.25, 0.3) is 0 Å². The molecule has 0 radical (unpaired) electrons. The van der Waals surface area contributed by atoms with Crippen LogP contribution in [0.3, 0.4) is 0 Å². The number of benzene rings is 2. The molecular weight excluding hydrogens is 435 g/mol. The molecule has 0 unspecified atom stereocenters. The second-order valence-corrected chi connectivity index (χ2v) is 8.83. The third kappa shape index (κ3) is 7.54. The summed E-state index contributed by atoms with van der Waals surface area (Å²) in [5.41, 5.74) is 1.34. The summed E-state index contributed by atoms with van der Waals surface area (Å²) >= 11 is 7.66. The highest BCUT2D eigenvalue weighted by molar-refractivity contribution is 7.99. The average molecular weight is 465 g/mol. The van der Waals surface area contributed by atoms with E-state index in [1.807, 2.05) is 39.0 Å². The maximum absolute atomic E-state index is 13.9. The zero-order chi connectivity index (χ0) is 22.8. The van der Waals surface area contributed by atoms with E-state index in [2.05, 4.69) is 5.32 Å². The van der Waals surface area contributed by atoms with Gasteiger partial charge in [-0.2, -0.15) is 0 Å². The standard InChI is InChI=1S/C24H30ClFN2O2S/c1-4-17(3)27-24(30)22(5-2)28(14-18-10-6-8-12-20(18)25)23(29)16-31-15-19-11-7-9-13-21(19)26/h6-13,17,22H,4-5,14-16H2,1-3H3,(H,27,30)/t17-,22+/m0/s1. The highest BCUT2D eigenvalue weighted by Crippen LogP contribution is 2.22. The van der Waals surface area contributed by atoms with Crippen LogP contribution < -0.4 is 5.32 Å². The van der Waals surface area contributed by atoms with E-state index in [0.29, 0.717) is 22.8 Å². The lowest BCUT2D eigenvalue weighted by Gasteiger charge is -2.31. The van der Waals surface area contributed by atoms with Gasteiger partial charge in [0.05, 0.1) is 5.75 Å². The van der Waals surface area contributed by atoms with Gasteiger partial charge in [0, 0.05) is 23.4 Å². The SMILES string of the molecule is CC[C@H](C(=O)N[C@@H](C)CC)N(Cc1ccccc1Cl)C(=O)CSCc1ccccc1F. The molecule has 4 nitrogen and oxygen atoms in total. The molecule has 0 aliphatic heterocycles. The van der Waals surface area contributed by atoms with Crippen LogP contribution in [-0.2, 0) is 21.9 Å². The number of nitrogens with zero attached hydrogens (tertiary/aromatic N) is 1. The minimum Gasteiger partial charge on any atom is -0.352 e. The molecule has 0 bridgehead atoms. The minimum atomic E-state index is -0.605. The molecule has 0 aliphatic rings. The number of amides is 2. The predicted molar refractivity (Wildman–Crippen MR) is 127 cm³/mol. The molecule has 0 saturated carbocycles. The van der Waals surface area contributed by atoms with E-state index in [1.54, 1.807) is 29.2 Å². The molecule has 0 heterocycles. The van der Waals surface area contributed by atoms with E-state index >= 15 is 0 Å². The maximum atomic E-state index is 13.9. The summed E-state index contributed by atoms with van der Waals surface area (Å²) in [6.45, 7) is 6.07. The normalized spacial score (nSPS) is 12.8. The van der Waals surface area contributed by atoms with Crippen LogP contribution in [0.1, 0.15) is 44.7 Å².